The van der Waals surface area contributed by atoms with Crippen LogP contribution in [-0.4, -0.2) is 33.4 Å². The summed E-state index contributed by atoms with van der Waals surface area (Å²) in [7, 11) is 0. The number of carbonyl (C=O) groups is 1. The topological polar surface area (TPSA) is 92.6 Å². The predicted octanol–water partition coefficient (Wildman–Crippen LogP) is 6.47. The van der Waals surface area contributed by atoms with E-state index in [1.165, 1.54) is 18.3 Å². The lowest BCUT2D eigenvalue weighted by atomic mass is 10.0. The summed E-state index contributed by atoms with van der Waals surface area (Å²) in [5, 5.41) is 14.6. The molecule has 1 aromatic heterocycles. The van der Waals surface area contributed by atoms with Gasteiger partial charge in [0.2, 0.25) is 0 Å². The highest BCUT2D eigenvalue weighted by Crippen LogP contribution is 2.24. The monoisotopic (exact) mass is 566 g/mol. The van der Waals surface area contributed by atoms with E-state index in [1.54, 1.807) is 17.1 Å². The molecule has 3 N–H and O–H groups in total. The Bertz CT molecular complexity index is 1500. The van der Waals surface area contributed by atoms with Crippen LogP contribution in [0.2, 0.25) is 0 Å². The van der Waals surface area contributed by atoms with Gasteiger partial charge in [0, 0.05) is 11.3 Å². The molecule has 0 unspecified atom stereocenters. The first-order chi connectivity index (χ1) is 19.1. The molecule has 4 rings (SSSR count). The number of carbonyl (C=O) groups excluding carboxylic acids is 1. The number of aromatic nitrogens is 2. The average Bonchev–Trinajstić information content (AvgIpc) is 3.37. The molecular formula is C28H25F3N6O2S. The molecule has 0 bridgehead atoms. The third kappa shape index (κ3) is 7.90. The van der Waals surface area contributed by atoms with Crippen LogP contribution in [0, 0.1) is 0 Å². The van der Waals surface area contributed by atoms with Crippen LogP contribution in [-0.2, 0) is 0 Å². The average molecular weight is 567 g/mol. The zero-order valence-corrected chi connectivity index (χ0v) is 22.3. The van der Waals surface area contributed by atoms with Crippen LogP contribution in [0.4, 0.5) is 24.5 Å². The van der Waals surface area contributed by atoms with Gasteiger partial charge in [0.15, 0.2) is 5.11 Å². The third-order valence-electron chi connectivity index (χ3n) is 5.56. The van der Waals surface area contributed by atoms with Crippen molar-refractivity contribution >= 4 is 40.8 Å². The number of rotatable bonds is 8. The van der Waals surface area contributed by atoms with Crippen LogP contribution in [0.25, 0.3) is 5.69 Å². The van der Waals surface area contributed by atoms with Crippen molar-refractivity contribution < 1.29 is 22.7 Å². The molecule has 0 spiro atoms. The Labute approximate surface area is 233 Å². The number of hydrogen-bond donors (Lipinski definition) is 3. The molecule has 12 heteroatoms. The Kier molecular flexibility index (Phi) is 8.80. The lowest BCUT2D eigenvalue weighted by Gasteiger charge is -2.14. The van der Waals surface area contributed by atoms with Crippen molar-refractivity contribution in [3.63, 3.8) is 0 Å². The fraction of sp³-hybridized carbons (Fsp3) is 0.143. The summed E-state index contributed by atoms with van der Waals surface area (Å²) in [5.74, 6) is -0.566. The molecule has 4 aromatic rings. The molecule has 3 aromatic carbocycles. The van der Waals surface area contributed by atoms with Gasteiger partial charge in [-0.3, -0.25) is 10.2 Å². The number of benzene rings is 3. The number of nitrogens with one attached hydrogen (secondary N) is 3. The number of amides is 1. The molecule has 206 valence electrons. The molecule has 0 saturated carbocycles. The van der Waals surface area contributed by atoms with E-state index in [1.807, 2.05) is 42.5 Å². The summed E-state index contributed by atoms with van der Waals surface area (Å²) in [5.41, 5.74) is 7.03. The molecule has 0 radical (unpaired) electrons. The third-order valence-corrected chi connectivity index (χ3v) is 5.75. The highest BCUT2D eigenvalue weighted by atomic mass is 32.1. The van der Waals surface area contributed by atoms with Gasteiger partial charge >= 0.3 is 6.36 Å². The Balaban J connectivity index is 1.30. The molecule has 0 saturated heterocycles. The van der Waals surface area contributed by atoms with Gasteiger partial charge in [-0.1, -0.05) is 44.2 Å². The largest absolute Gasteiger partial charge is 0.573 e. The minimum Gasteiger partial charge on any atom is -0.406 e. The Morgan fingerprint density at radius 1 is 1.02 bits per heavy atom. The maximum absolute atomic E-state index is 12.5. The molecule has 0 aliphatic carbocycles. The number of nitrogens with zero attached hydrogens (tertiary/aromatic N) is 3. The van der Waals surface area contributed by atoms with Gasteiger partial charge in [-0.25, -0.2) is 4.68 Å². The second-order valence-electron chi connectivity index (χ2n) is 8.86. The van der Waals surface area contributed by atoms with Gasteiger partial charge in [0.1, 0.15) is 5.75 Å². The first-order valence-electron chi connectivity index (χ1n) is 12.1. The van der Waals surface area contributed by atoms with Crippen molar-refractivity contribution in [2.45, 2.75) is 26.1 Å². The van der Waals surface area contributed by atoms with E-state index in [-0.39, 0.29) is 5.56 Å². The van der Waals surface area contributed by atoms with Crippen LogP contribution in [0.15, 0.2) is 90.3 Å². The highest BCUT2D eigenvalue weighted by Gasteiger charge is 2.31. The van der Waals surface area contributed by atoms with Crippen LogP contribution >= 0.6 is 12.2 Å². The smallest absolute Gasteiger partial charge is 0.406 e. The van der Waals surface area contributed by atoms with E-state index in [0.29, 0.717) is 16.7 Å². The highest BCUT2D eigenvalue weighted by molar-refractivity contribution is 7.80. The zero-order chi connectivity index (χ0) is 28.7. The summed E-state index contributed by atoms with van der Waals surface area (Å²) in [6.45, 7) is 4.23. The first kappa shape index (κ1) is 28.3. The minimum atomic E-state index is -4.80. The maximum atomic E-state index is 12.5. The van der Waals surface area contributed by atoms with Crippen LogP contribution < -0.4 is 20.8 Å². The van der Waals surface area contributed by atoms with Crippen molar-refractivity contribution in [3.05, 3.63) is 102 Å². The van der Waals surface area contributed by atoms with Crippen molar-refractivity contribution in [3.8, 4) is 11.4 Å². The second kappa shape index (κ2) is 12.4. The maximum Gasteiger partial charge on any atom is 0.573 e. The fourth-order valence-corrected chi connectivity index (χ4v) is 3.85. The molecule has 0 atom stereocenters. The first-order valence-corrected chi connectivity index (χ1v) is 12.5. The van der Waals surface area contributed by atoms with Gasteiger partial charge in [-0.15, -0.1) is 13.2 Å². The number of alkyl halides is 3. The molecule has 40 heavy (non-hydrogen) atoms. The number of hydrogen-bond acceptors (Lipinski definition) is 5. The SMILES string of the molecule is CC(C)c1ccccc1NC(=S)N/N=C/c1ccc(-n2cc(NC(=O)c3ccc(OC(F)(F)F)cc3)cn2)cc1. The summed E-state index contributed by atoms with van der Waals surface area (Å²) in [6, 6.07) is 19.9. The number of halogens is 3. The molecule has 0 aliphatic heterocycles. The van der Waals surface area contributed by atoms with Crippen molar-refractivity contribution in [2.24, 2.45) is 5.10 Å². The van der Waals surface area contributed by atoms with Crippen LogP contribution in [0.1, 0.15) is 41.3 Å². The van der Waals surface area contributed by atoms with Crippen molar-refractivity contribution in [2.75, 3.05) is 10.6 Å². The zero-order valence-electron chi connectivity index (χ0n) is 21.4. The lowest BCUT2D eigenvalue weighted by Crippen LogP contribution is -2.24. The summed E-state index contributed by atoms with van der Waals surface area (Å²) >= 11 is 5.35. The fourth-order valence-electron chi connectivity index (χ4n) is 3.68. The summed E-state index contributed by atoms with van der Waals surface area (Å²) < 4.78 is 42.3. The van der Waals surface area contributed by atoms with E-state index in [9.17, 15) is 18.0 Å². The lowest BCUT2D eigenvalue weighted by molar-refractivity contribution is -0.274. The molecule has 1 heterocycles. The van der Waals surface area contributed by atoms with Crippen molar-refractivity contribution in [1.29, 1.82) is 0 Å². The number of ether oxygens (including phenoxy) is 1. The Morgan fingerprint density at radius 3 is 2.40 bits per heavy atom. The van der Waals surface area contributed by atoms with Gasteiger partial charge in [0.05, 0.1) is 30.0 Å². The molecule has 1 amide bonds. The van der Waals surface area contributed by atoms with Crippen molar-refractivity contribution in [1.82, 2.24) is 15.2 Å². The number of anilines is 2. The standard InChI is InChI=1S/C28H25F3N6O2S/c1-18(2)24-5-3-4-6-25(24)35-27(40)36-32-15-19-7-11-22(12-8-19)37-17-21(16-33-37)34-26(38)20-9-13-23(14-10-20)39-28(29,30)31/h3-18H,1-2H3,(H,34,38)(H2,35,36,40)/b32-15+. The summed E-state index contributed by atoms with van der Waals surface area (Å²) in [6.07, 6.45) is -0.0933. The molecular weight excluding hydrogens is 541 g/mol. The number of para-hydroxylation sites is 1. The van der Waals surface area contributed by atoms with Gasteiger partial charge in [0.25, 0.3) is 5.91 Å². The second-order valence-corrected chi connectivity index (χ2v) is 9.27. The number of hydrazone groups is 1. The van der Waals surface area contributed by atoms with E-state index in [0.717, 1.165) is 34.6 Å². The van der Waals surface area contributed by atoms with Gasteiger partial charge in [-0.2, -0.15) is 10.2 Å². The Hall–Kier alpha value is -4.71. The van der Waals surface area contributed by atoms with Crippen LogP contribution in [0.5, 0.6) is 5.75 Å². The quantitative estimate of drug-likeness (QED) is 0.129. The predicted molar refractivity (Wildman–Crippen MR) is 152 cm³/mol. The number of thiocarbonyl (C=S) groups is 1. The van der Waals surface area contributed by atoms with E-state index < -0.39 is 18.0 Å². The normalized spacial score (nSPS) is 11.4. The van der Waals surface area contributed by atoms with Gasteiger partial charge in [-0.05, 0) is 71.7 Å². The van der Waals surface area contributed by atoms with Crippen LogP contribution in [0.3, 0.4) is 0 Å². The summed E-state index contributed by atoms with van der Waals surface area (Å²) in [4.78, 5) is 12.5. The molecule has 0 aliphatic rings. The van der Waals surface area contributed by atoms with E-state index in [4.69, 9.17) is 12.2 Å². The van der Waals surface area contributed by atoms with E-state index >= 15 is 0 Å². The molecule has 0 fully saturated rings. The minimum absolute atomic E-state index is 0.165. The van der Waals surface area contributed by atoms with E-state index in [2.05, 4.69) is 50.9 Å². The van der Waals surface area contributed by atoms with Gasteiger partial charge < -0.3 is 15.4 Å². The molecule has 8 nitrogen and oxygen atoms in total. The Morgan fingerprint density at radius 2 is 1.73 bits per heavy atom.